The third-order valence-electron chi connectivity index (χ3n) is 4.52. The zero-order valence-electron chi connectivity index (χ0n) is 13.9. The number of aromatic amines is 1. The molecule has 136 valence electrons. The molecule has 4 rings (SSSR count). The van der Waals surface area contributed by atoms with Gasteiger partial charge in [0.05, 0.1) is 31.0 Å². The van der Waals surface area contributed by atoms with Crippen LogP contribution in [0.1, 0.15) is 28.6 Å². The molecule has 0 aliphatic carbocycles. The lowest BCUT2D eigenvalue weighted by molar-refractivity contribution is -0.0195. The number of amides is 1. The van der Waals surface area contributed by atoms with E-state index in [2.05, 4.69) is 4.98 Å². The fourth-order valence-corrected chi connectivity index (χ4v) is 3.42. The molecule has 26 heavy (non-hydrogen) atoms. The van der Waals surface area contributed by atoms with E-state index in [1.165, 1.54) is 6.26 Å². The normalized spacial score (nSPS) is 19.0. The average molecular weight is 374 g/mol. The molecule has 0 bridgehead atoms. The number of furan rings is 1. The minimum Gasteiger partial charge on any atom is -0.467 e. The van der Waals surface area contributed by atoms with Crippen LogP contribution in [0.25, 0.3) is 11.1 Å². The molecule has 3 aromatic rings. The summed E-state index contributed by atoms with van der Waals surface area (Å²) in [5, 5.41) is 10.4. The highest BCUT2D eigenvalue weighted by molar-refractivity contribution is 7.71. The van der Waals surface area contributed by atoms with Crippen molar-refractivity contribution in [2.75, 3.05) is 19.8 Å². The van der Waals surface area contributed by atoms with Crippen LogP contribution in [0.2, 0.25) is 0 Å². The number of fused-ring (bicyclic) bond motifs is 1. The largest absolute Gasteiger partial charge is 0.467 e. The molecule has 0 radical (unpaired) electrons. The number of rotatable bonds is 4. The van der Waals surface area contributed by atoms with Gasteiger partial charge in [0, 0.05) is 18.5 Å². The van der Waals surface area contributed by atoms with Crippen molar-refractivity contribution in [3.8, 4) is 0 Å². The number of carbonyl (C=O) groups excluding carboxylic acids is 1. The number of nitrogens with one attached hydrogen (secondary N) is 1. The van der Waals surface area contributed by atoms with Gasteiger partial charge in [-0.1, -0.05) is 0 Å². The molecular formula is C18H18N2O5S. The van der Waals surface area contributed by atoms with E-state index >= 15 is 0 Å². The summed E-state index contributed by atoms with van der Waals surface area (Å²) in [5.41, 5.74) is 1.80. The molecule has 0 saturated carbocycles. The van der Waals surface area contributed by atoms with Gasteiger partial charge >= 0.3 is 0 Å². The lowest BCUT2D eigenvalue weighted by Crippen LogP contribution is -2.49. The number of hydrogen-bond acceptors (Lipinski definition) is 6. The summed E-state index contributed by atoms with van der Waals surface area (Å²) in [4.78, 5) is 17.9. The van der Waals surface area contributed by atoms with E-state index in [-0.39, 0.29) is 16.8 Å². The van der Waals surface area contributed by atoms with Crippen LogP contribution in [0.4, 0.5) is 0 Å². The van der Waals surface area contributed by atoms with Crippen molar-refractivity contribution >= 4 is 29.2 Å². The van der Waals surface area contributed by atoms with Gasteiger partial charge < -0.3 is 28.6 Å². The number of aromatic nitrogens is 1. The second-order valence-electron chi connectivity index (χ2n) is 6.22. The summed E-state index contributed by atoms with van der Waals surface area (Å²) >= 11 is 4.98. The van der Waals surface area contributed by atoms with Gasteiger partial charge in [-0.15, -0.1) is 0 Å². The molecule has 1 aliphatic heterocycles. The predicted molar refractivity (Wildman–Crippen MR) is 95.3 cm³/mol. The molecule has 2 N–H and O–H groups in total. The molecule has 1 aliphatic rings. The predicted octanol–water partition coefficient (Wildman–Crippen LogP) is 3.05. The number of benzene rings is 1. The smallest absolute Gasteiger partial charge is 0.266 e. The summed E-state index contributed by atoms with van der Waals surface area (Å²) in [6.45, 7) is 1.30. The fourth-order valence-electron chi connectivity index (χ4n) is 3.22. The summed E-state index contributed by atoms with van der Waals surface area (Å²) in [7, 11) is 0. The molecule has 2 aromatic heterocycles. The zero-order valence-corrected chi connectivity index (χ0v) is 14.7. The molecule has 2 atom stereocenters. The number of carbonyl (C=O) groups is 1. The fraction of sp³-hybridized carbons (Fsp3) is 0.333. The van der Waals surface area contributed by atoms with E-state index in [1.54, 1.807) is 35.2 Å². The highest BCUT2D eigenvalue weighted by Crippen LogP contribution is 2.25. The van der Waals surface area contributed by atoms with Crippen LogP contribution in [-0.4, -0.2) is 46.7 Å². The van der Waals surface area contributed by atoms with E-state index < -0.39 is 6.10 Å². The first-order chi connectivity index (χ1) is 12.6. The van der Waals surface area contributed by atoms with Crippen molar-refractivity contribution in [2.24, 2.45) is 0 Å². The van der Waals surface area contributed by atoms with Crippen molar-refractivity contribution in [1.82, 2.24) is 9.88 Å². The van der Waals surface area contributed by atoms with E-state index in [0.717, 1.165) is 5.52 Å². The number of ether oxygens (including phenoxy) is 1. The summed E-state index contributed by atoms with van der Waals surface area (Å²) in [6.07, 6.45) is 1.06. The quantitative estimate of drug-likeness (QED) is 0.682. The van der Waals surface area contributed by atoms with E-state index in [9.17, 15) is 9.90 Å². The number of hydrogen-bond donors (Lipinski definition) is 2. The second-order valence-corrected chi connectivity index (χ2v) is 6.59. The Morgan fingerprint density at radius 2 is 2.31 bits per heavy atom. The van der Waals surface area contributed by atoms with E-state index in [4.69, 9.17) is 25.8 Å². The zero-order chi connectivity index (χ0) is 18.1. The molecule has 1 amide bonds. The van der Waals surface area contributed by atoms with Gasteiger partial charge in [0.1, 0.15) is 11.9 Å². The first-order valence-electron chi connectivity index (χ1n) is 8.35. The van der Waals surface area contributed by atoms with Crippen LogP contribution < -0.4 is 0 Å². The van der Waals surface area contributed by atoms with Gasteiger partial charge in [-0.3, -0.25) is 4.79 Å². The number of aliphatic hydroxyl groups is 1. The lowest BCUT2D eigenvalue weighted by atomic mass is 10.0. The second kappa shape index (κ2) is 7.06. The number of nitrogens with zero attached hydrogens (tertiary/aromatic N) is 1. The summed E-state index contributed by atoms with van der Waals surface area (Å²) in [5.74, 6) is 0.350. The standard InChI is InChI=1S/C18H18N2O5S/c21-14(15-2-1-6-24-15)9-12-10-23-7-5-20(12)17(22)11-3-4-13-16(8-11)25-18(26)19-13/h1-4,6,8,12,14,21H,5,7,9-10H2,(H,19,26). The van der Waals surface area contributed by atoms with Crippen molar-refractivity contribution in [3.63, 3.8) is 0 Å². The van der Waals surface area contributed by atoms with E-state index in [1.807, 2.05) is 0 Å². The van der Waals surface area contributed by atoms with E-state index in [0.29, 0.717) is 43.1 Å². The van der Waals surface area contributed by atoms with Crippen molar-refractivity contribution in [3.05, 3.63) is 52.8 Å². The first-order valence-corrected chi connectivity index (χ1v) is 8.75. The molecule has 1 saturated heterocycles. The first kappa shape index (κ1) is 17.0. The number of morpholine rings is 1. The minimum absolute atomic E-state index is 0.130. The molecule has 3 heterocycles. The van der Waals surface area contributed by atoms with Crippen molar-refractivity contribution in [2.45, 2.75) is 18.6 Å². The molecular weight excluding hydrogens is 356 g/mol. The summed E-state index contributed by atoms with van der Waals surface area (Å²) < 4.78 is 16.2. The molecule has 1 fully saturated rings. The number of H-pyrrole nitrogens is 1. The minimum atomic E-state index is -0.795. The monoisotopic (exact) mass is 374 g/mol. The van der Waals surface area contributed by atoms with Crippen LogP contribution in [0.15, 0.2) is 45.4 Å². The van der Waals surface area contributed by atoms with Gasteiger partial charge in [-0.05, 0) is 42.5 Å². The highest BCUT2D eigenvalue weighted by atomic mass is 32.1. The van der Waals surface area contributed by atoms with Crippen LogP contribution in [0, 0.1) is 4.84 Å². The van der Waals surface area contributed by atoms with Crippen molar-refractivity contribution < 1.29 is 23.5 Å². The highest BCUT2D eigenvalue weighted by Gasteiger charge is 2.31. The Morgan fingerprint density at radius 3 is 3.12 bits per heavy atom. The van der Waals surface area contributed by atoms with Crippen LogP contribution in [0.5, 0.6) is 0 Å². The Hall–Kier alpha value is -2.42. The van der Waals surface area contributed by atoms with Gasteiger partial charge in [-0.25, -0.2) is 0 Å². The van der Waals surface area contributed by atoms with Gasteiger partial charge in [0.2, 0.25) is 0 Å². The summed E-state index contributed by atoms with van der Waals surface area (Å²) in [6, 6.07) is 8.38. The molecule has 1 aromatic carbocycles. The third-order valence-corrected chi connectivity index (χ3v) is 4.71. The molecule has 8 heteroatoms. The Bertz CT molecular complexity index is 962. The Balaban J connectivity index is 1.56. The Labute approximate surface area is 154 Å². The molecule has 7 nitrogen and oxygen atoms in total. The van der Waals surface area contributed by atoms with Gasteiger partial charge in [-0.2, -0.15) is 0 Å². The van der Waals surface area contributed by atoms with Gasteiger partial charge in [0.15, 0.2) is 5.58 Å². The van der Waals surface area contributed by atoms with Crippen molar-refractivity contribution in [1.29, 1.82) is 0 Å². The number of aliphatic hydroxyl groups excluding tert-OH is 1. The maximum absolute atomic E-state index is 13.0. The maximum Gasteiger partial charge on any atom is 0.266 e. The Morgan fingerprint density at radius 1 is 1.42 bits per heavy atom. The SMILES string of the molecule is O=C(c1ccc2[nH]c(=S)oc2c1)N1CCOCC1CC(O)c1ccco1. The van der Waals surface area contributed by atoms with Crippen LogP contribution >= 0.6 is 12.2 Å². The van der Waals surface area contributed by atoms with Crippen LogP contribution in [-0.2, 0) is 4.74 Å². The topological polar surface area (TPSA) is 91.8 Å². The number of oxazole rings is 1. The van der Waals surface area contributed by atoms with Crippen LogP contribution in [0.3, 0.4) is 0 Å². The lowest BCUT2D eigenvalue weighted by Gasteiger charge is -2.36. The third kappa shape index (κ3) is 3.31. The average Bonchev–Trinajstić information content (AvgIpc) is 3.29. The van der Waals surface area contributed by atoms with Gasteiger partial charge in [0.25, 0.3) is 10.7 Å². The Kier molecular flexibility index (Phi) is 4.62. The molecule has 2 unspecified atom stereocenters. The molecule has 0 spiro atoms. The maximum atomic E-state index is 13.0.